The van der Waals surface area contributed by atoms with Gasteiger partial charge in [0.05, 0.1) is 11.1 Å². The number of carbonyl (C=O) groups is 1. The molecule has 0 saturated heterocycles. The zero-order valence-electron chi connectivity index (χ0n) is 13.0. The van der Waals surface area contributed by atoms with E-state index in [0.29, 0.717) is 10.8 Å². The van der Waals surface area contributed by atoms with Crippen molar-refractivity contribution >= 4 is 16.7 Å². The Morgan fingerprint density at radius 1 is 1.04 bits per heavy atom. The number of aryl methyl sites for hydroxylation is 1. The zero-order valence-corrected chi connectivity index (χ0v) is 13.0. The van der Waals surface area contributed by atoms with Crippen LogP contribution in [0.3, 0.4) is 0 Å². The molecule has 2 aromatic carbocycles. The second-order valence-corrected chi connectivity index (χ2v) is 5.42. The van der Waals surface area contributed by atoms with Crippen LogP contribution in [0.4, 0.5) is 13.2 Å². The fourth-order valence-electron chi connectivity index (χ4n) is 2.48. The van der Waals surface area contributed by atoms with E-state index in [1.807, 2.05) is 0 Å². The maximum atomic E-state index is 12.8. The van der Waals surface area contributed by atoms with E-state index < -0.39 is 17.7 Å². The molecule has 0 aliphatic rings. The highest BCUT2D eigenvalue weighted by molar-refractivity contribution is 6.04. The fraction of sp³-hybridized carbons (Fsp3) is 0.111. The minimum absolute atomic E-state index is 0.0927. The van der Waals surface area contributed by atoms with Crippen LogP contribution in [0.2, 0.25) is 0 Å². The van der Waals surface area contributed by atoms with Crippen molar-refractivity contribution in [2.45, 2.75) is 6.18 Å². The van der Waals surface area contributed by atoms with E-state index in [1.165, 1.54) is 23.9 Å². The number of hydrogen-bond donors (Lipinski definition) is 0. The number of rotatable bonds is 2. The molecule has 0 N–H and O–H groups in total. The molecule has 3 aromatic rings. The first-order valence-electron chi connectivity index (χ1n) is 7.25. The predicted octanol–water partition coefficient (Wildman–Crippen LogP) is 3.78. The molecular formula is C18H12F3NO3. The van der Waals surface area contributed by atoms with E-state index in [1.54, 1.807) is 24.3 Å². The van der Waals surface area contributed by atoms with E-state index in [9.17, 15) is 22.8 Å². The van der Waals surface area contributed by atoms with Crippen molar-refractivity contribution in [2.24, 2.45) is 7.05 Å². The number of esters is 1. The maximum absolute atomic E-state index is 12.8. The highest BCUT2D eigenvalue weighted by Crippen LogP contribution is 2.31. The van der Waals surface area contributed by atoms with E-state index in [2.05, 4.69) is 0 Å². The fourth-order valence-corrected chi connectivity index (χ4v) is 2.48. The van der Waals surface area contributed by atoms with Gasteiger partial charge in [-0.05, 0) is 24.3 Å². The summed E-state index contributed by atoms with van der Waals surface area (Å²) < 4.78 is 44.6. The Hall–Kier alpha value is -3.09. The van der Waals surface area contributed by atoms with Crippen molar-refractivity contribution in [3.63, 3.8) is 0 Å². The lowest BCUT2D eigenvalue weighted by molar-refractivity contribution is -0.137. The molecule has 0 fully saturated rings. The van der Waals surface area contributed by atoms with Crippen molar-refractivity contribution in [2.75, 3.05) is 0 Å². The van der Waals surface area contributed by atoms with Crippen molar-refractivity contribution < 1.29 is 22.7 Å². The van der Waals surface area contributed by atoms with Crippen LogP contribution in [0.15, 0.2) is 59.5 Å². The first-order chi connectivity index (χ1) is 11.8. The second-order valence-electron chi connectivity index (χ2n) is 5.42. The average molecular weight is 347 g/mol. The van der Waals surface area contributed by atoms with Crippen LogP contribution >= 0.6 is 0 Å². The molecule has 0 saturated carbocycles. The summed E-state index contributed by atoms with van der Waals surface area (Å²) in [4.78, 5) is 24.5. The van der Waals surface area contributed by atoms with E-state index >= 15 is 0 Å². The SMILES string of the molecule is Cn1cc(C(=O)Oc2cccc(C(F)(F)F)c2)c2ccccc2c1=O. The van der Waals surface area contributed by atoms with Gasteiger partial charge in [0.1, 0.15) is 5.75 Å². The molecule has 0 spiro atoms. The number of carbonyl (C=O) groups excluding carboxylic acids is 1. The van der Waals surface area contributed by atoms with Crippen LogP contribution in [-0.4, -0.2) is 10.5 Å². The Kier molecular flexibility index (Phi) is 4.08. The number of ether oxygens (including phenoxy) is 1. The summed E-state index contributed by atoms with van der Waals surface area (Å²) in [5, 5.41) is 0.700. The Morgan fingerprint density at radius 3 is 2.40 bits per heavy atom. The third kappa shape index (κ3) is 3.26. The van der Waals surface area contributed by atoms with Gasteiger partial charge in [0.2, 0.25) is 0 Å². The molecule has 7 heteroatoms. The summed E-state index contributed by atoms with van der Waals surface area (Å²) in [6.07, 6.45) is -3.23. The number of alkyl halides is 3. The van der Waals surface area contributed by atoms with Gasteiger partial charge in [0.25, 0.3) is 5.56 Å². The number of pyridine rings is 1. The van der Waals surface area contributed by atoms with Crippen molar-refractivity contribution in [1.29, 1.82) is 0 Å². The van der Waals surface area contributed by atoms with Crippen LogP contribution in [-0.2, 0) is 13.2 Å². The molecule has 0 aliphatic heterocycles. The Morgan fingerprint density at radius 2 is 1.72 bits per heavy atom. The quantitative estimate of drug-likeness (QED) is 0.524. The topological polar surface area (TPSA) is 48.3 Å². The van der Waals surface area contributed by atoms with Crippen molar-refractivity contribution in [3.8, 4) is 5.75 Å². The third-order valence-corrected chi connectivity index (χ3v) is 3.68. The summed E-state index contributed by atoms with van der Waals surface area (Å²) in [5.74, 6) is -1.07. The van der Waals surface area contributed by atoms with Gasteiger partial charge in [0, 0.05) is 24.0 Å². The molecule has 0 atom stereocenters. The van der Waals surface area contributed by atoms with Gasteiger partial charge in [-0.15, -0.1) is 0 Å². The number of nitrogens with zero attached hydrogens (tertiary/aromatic N) is 1. The molecule has 3 rings (SSSR count). The molecule has 4 nitrogen and oxygen atoms in total. The third-order valence-electron chi connectivity index (χ3n) is 3.68. The van der Waals surface area contributed by atoms with Crippen LogP contribution in [0.1, 0.15) is 15.9 Å². The highest BCUT2D eigenvalue weighted by atomic mass is 19.4. The monoisotopic (exact) mass is 347 g/mol. The first-order valence-corrected chi connectivity index (χ1v) is 7.25. The maximum Gasteiger partial charge on any atom is 0.416 e. The standard InChI is InChI=1S/C18H12F3NO3/c1-22-10-15(13-7-2-3-8-14(13)16(22)23)17(24)25-12-6-4-5-11(9-12)18(19,20)21/h2-10H,1H3. The largest absolute Gasteiger partial charge is 0.423 e. The van der Waals surface area contributed by atoms with Gasteiger partial charge in [-0.1, -0.05) is 24.3 Å². The van der Waals surface area contributed by atoms with Crippen LogP contribution in [0.25, 0.3) is 10.8 Å². The Balaban J connectivity index is 2.02. The molecule has 0 bridgehead atoms. The molecule has 0 aliphatic carbocycles. The number of benzene rings is 2. The normalized spacial score (nSPS) is 11.5. The molecule has 1 heterocycles. The van der Waals surface area contributed by atoms with Gasteiger partial charge in [-0.3, -0.25) is 4.79 Å². The summed E-state index contributed by atoms with van der Waals surface area (Å²) in [6.45, 7) is 0. The van der Waals surface area contributed by atoms with Gasteiger partial charge in [0.15, 0.2) is 0 Å². The van der Waals surface area contributed by atoms with Gasteiger partial charge < -0.3 is 9.30 Å². The van der Waals surface area contributed by atoms with E-state index in [4.69, 9.17) is 4.74 Å². The minimum Gasteiger partial charge on any atom is -0.423 e. The number of aromatic nitrogens is 1. The molecule has 1 aromatic heterocycles. The summed E-state index contributed by atoms with van der Waals surface area (Å²) in [6, 6.07) is 10.5. The van der Waals surface area contributed by atoms with Gasteiger partial charge in [-0.2, -0.15) is 13.2 Å². The average Bonchev–Trinajstić information content (AvgIpc) is 2.57. The Bertz CT molecular complexity index is 1020. The van der Waals surface area contributed by atoms with E-state index in [-0.39, 0.29) is 16.9 Å². The smallest absolute Gasteiger partial charge is 0.416 e. The molecule has 25 heavy (non-hydrogen) atoms. The van der Waals surface area contributed by atoms with Gasteiger partial charge >= 0.3 is 12.1 Å². The lowest BCUT2D eigenvalue weighted by Gasteiger charge is -2.11. The van der Waals surface area contributed by atoms with Crippen LogP contribution in [0, 0.1) is 0 Å². The highest BCUT2D eigenvalue weighted by Gasteiger charge is 2.30. The lowest BCUT2D eigenvalue weighted by atomic mass is 10.1. The van der Waals surface area contributed by atoms with Crippen LogP contribution < -0.4 is 10.3 Å². The second kappa shape index (κ2) is 6.08. The Labute approximate surface area is 140 Å². The lowest BCUT2D eigenvalue weighted by Crippen LogP contribution is -2.20. The minimum atomic E-state index is -4.54. The summed E-state index contributed by atoms with van der Waals surface area (Å²) >= 11 is 0. The number of fused-ring (bicyclic) bond motifs is 1. The molecule has 0 amide bonds. The van der Waals surface area contributed by atoms with Crippen LogP contribution in [0.5, 0.6) is 5.75 Å². The summed E-state index contributed by atoms with van der Waals surface area (Å²) in [5.41, 5.74) is -1.11. The van der Waals surface area contributed by atoms with Gasteiger partial charge in [-0.25, -0.2) is 4.79 Å². The van der Waals surface area contributed by atoms with Crippen molar-refractivity contribution in [1.82, 2.24) is 4.57 Å². The van der Waals surface area contributed by atoms with Crippen molar-refractivity contribution in [3.05, 3.63) is 76.2 Å². The zero-order chi connectivity index (χ0) is 18.2. The summed E-state index contributed by atoms with van der Waals surface area (Å²) in [7, 11) is 1.48. The van der Waals surface area contributed by atoms with E-state index in [0.717, 1.165) is 18.2 Å². The molecule has 128 valence electrons. The first kappa shape index (κ1) is 16.8. The number of hydrogen-bond acceptors (Lipinski definition) is 3. The molecule has 0 radical (unpaired) electrons. The number of halogens is 3. The predicted molar refractivity (Wildman–Crippen MR) is 85.6 cm³/mol. The molecular weight excluding hydrogens is 335 g/mol. The molecule has 0 unspecified atom stereocenters.